The van der Waals surface area contributed by atoms with Gasteiger partial charge in [0.15, 0.2) is 0 Å². The Bertz CT molecular complexity index is 447. The summed E-state index contributed by atoms with van der Waals surface area (Å²) in [6.07, 6.45) is 4.34. The molecule has 104 valence electrons. The first-order valence-electron chi connectivity index (χ1n) is 6.80. The zero-order chi connectivity index (χ0) is 14.0. The lowest BCUT2D eigenvalue weighted by Gasteiger charge is -2.33. The van der Waals surface area contributed by atoms with E-state index in [9.17, 15) is 9.18 Å². The summed E-state index contributed by atoms with van der Waals surface area (Å²) in [5.74, 6) is 0.129. The maximum atomic E-state index is 13.3. The molecule has 0 bridgehead atoms. The lowest BCUT2D eigenvalue weighted by molar-refractivity contribution is 0.0679. The minimum absolute atomic E-state index is 0.147. The van der Waals surface area contributed by atoms with E-state index in [1.54, 1.807) is 11.9 Å². The highest BCUT2D eigenvalue weighted by Gasteiger charge is 2.25. The van der Waals surface area contributed by atoms with Crippen LogP contribution in [0.2, 0.25) is 0 Å². The summed E-state index contributed by atoms with van der Waals surface area (Å²) >= 11 is 0. The number of rotatable bonds is 2. The molecule has 1 saturated carbocycles. The van der Waals surface area contributed by atoms with Crippen molar-refractivity contribution in [3.8, 4) is 0 Å². The van der Waals surface area contributed by atoms with Crippen molar-refractivity contribution in [2.45, 2.75) is 38.6 Å². The van der Waals surface area contributed by atoms with E-state index in [0.29, 0.717) is 5.56 Å². The zero-order valence-corrected chi connectivity index (χ0v) is 11.5. The summed E-state index contributed by atoms with van der Waals surface area (Å²) < 4.78 is 13.3. The highest BCUT2D eigenvalue weighted by molar-refractivity contribution is 5.95. The molecule has 1 fully saturated rings. The van der Waals surface area contributed by atoms with E-state index in [2.05, 4.69) is 6.92 Å². The van der Waals surface area contributed by atoms with Gasteiger partial charge < -0.3 is 10.6 Å². The fraction of sp³-hybridized carbons (Fsp3) is 0.533. The van der Waals surface area contributed by atoms with E-state index in [1.807, 2.05) is 0 Å². The number of nitrogens with two attached hydrogens (primary N) is 1. The normalized spacial score (nSPS) is 23.1. The number of hydrogen-bond donors (Lipinski definition) is 1. The lowest BCUT2D eigenvalue weighted by Crippen LogP contribution is -2.39. The third-order valence-corrected chi connectivity index (χ3v) is 4.02. The SMILES string of the molecule is CC1CCC(N(C)C(=O)c2cc(N)cc(F)c2)CC1. The molecule has 1 aromatic carbocycles. The molecule has 0 aliphatic heterocycles. The smallest absolute Gasteiger partial charge is 0.254 e. The van der Waals surface area contributed by atoms with Gasteiger partial charge in [0.05, 0.1) is 0 Å². The fourth-order valence-electron chi connectivity index (χ4n) is 2.74. The number of anilines is 1. The number of nitrogens with zero attached hydrogens (tertiary/aromatic N) is 1. The largest absolute Gasteiger partial charge is 0.399 e. The van der Waals surface area contributed by atoms with Gasteiger partial charge in [-0.15, -0.1) is 0 Å². The molecule has 0 aromatic heterocycles. The Morgan fingerprint density at radius 2 is 1.89 bits per heavy atom. The Labute approximate surface area is 113 Å². The van der Waals surface area contributed by atoms with Gasteiger partial charge in [-0.3, -0.25) is 4.79 Å². The molecule has 0 saturated heterocycles. The highest BCUT2D eigenvalue weighted by atomic mass is 19.1. The van der Waals surface area contributed by atoms with Gasteiger partial charge in [-0.25, -0.2) is 4.39 Å². The average molecular weight is 264 g/mol. The summed E-state index contributed by atoms with van der Waals surface area (Å²) in [6.45, 7) is 2.24. The van der Waals surface area contributed by atoms with Crippen molar-refractivity contribution in [3.05, 3.63) is 29.6 Å². The van der Waals surface area contributed by atoms with Crippen molar-refractivity contribution in [3.63, 3.8) is 0 Å². The molecule has 1 amide bonds. The van der Waals surface area contributed by atoms with Crippen molar-refractivity contribution >= 4 is 11.6 Å². The van der Waals surface area contributed by atoms with Crippen molar-refractivity contribution in [1.82, 2.24) is 4.90 Å². The minimum atomic E-state index is -0.464. The molecule has 0 spiro atoms. The number of halogens is 1. The molecule has 2 N–H and O–H groups in total. The van der Waals surface area contributed by atoms with Crippen LogP contribution in [-0.2, 0) is 0 Å². The predicted octanol–water partition coefficient (Wildman–Crippen LogP) is 3.06. The van der Waals surface area contributed by atoms with Crippen LogP contribution in [0.5, 0.6) is 0 Å². The summed E-state index contributed by atoms with van der Waals surface area (Å²) in [5.41, 5.74) is 6.20. The Morgan fingerprint density at radius 1 is 1.26 bits per heavy atom. The second kappa shape index (κ2) is 5.59. The number of benzene rings is 1. The number of hydrogen-bond acceptors (Lipinski definition) is 2. The van der Waals surface area contributed by atoms with E-state index >= 15 is 0 Å². The first-order chi connectivity index (χ1) is 8.97. The van der Waals surface area contributed by atoms with Crippen LogP contribution in [0.4, 0.5) is 10.1 Å². The maximum Gasteiger partial charge on any atom is 0.254 e. The van der Waals surface area contributed by atoms with Crippen LogP contribution in [0.25, 0.3) is 0 Å². The Kier molecular flexibility index (Phi) is 4.08. The quantitative estimate of drug-likeness (QED) is 0.834. The van der Waals surface area contributed by atoms with Crippen LogP contribution in [0.3, 0.4) is 0 Å². The Balaban J connectivity index is 2.10. The second-order valence-electron chi connectivity index (χ2n) is 5.60. The second-order valence-corrected chi connectivity index (χ2v) is 5.60. The summed E-state index contributed by atoms with van der Waals surface area (Å²) in [7, 11) is 1.80. The van der Waals surface area contributed by atoms with E-state index in [4.69, 9.17) is 5.73 Å². The van der Waals surface area contributed by atoms with E-state index in [-0.39, 0.29) is 17.6 Å². The first kappa shape index (κ1) is 13.8. The Morgan fingerprint density at radius 3 is 2.47 bits per heavy atom. The molecular formula is C15H21FN2O. The molecule has 3 nitrogen and oxygen atoms in total. The molecule has 1 aliphatic rings. The summed E-state index contributed by atoms with van der Waals surface area (Å²) in [6, 6.07) is 4.26. The van der Waals surface area contributed by atoms with Gasteiger partial charge in [0.1, 0.15) is 5.82 Å². The van der Waals surface area contributed by atoms with Gasteiger partial charge >= 0.3 is 0 Å². The van der Waals surface area contributed by atoms with E-state index < -0.39 is 5.82 Å². The predicted molar refractivity (Wildman–Crippen MR) is 74.3 cm³/mol. The number of nitrogen functional groups attached to an aromatic ring is 1. The van der Waals surface area contributed by atoms with E-state index in [1.165, 1.54) is 18.2 Å². The maximum absolute atomic E-state index is 13.3. The fourth-order valence-corrected chi connectivity index (χ4v) is 2.74. The molecule has 2 rings (SSSR count). The molecule has 0 unspecified atom stereocenters. The first-order valence-corrected chi connectivity index (χ1v) is 6.80. The number of carbonyl (C=O) groups is 1. The standard InChI is InChI=1S/C15H21FN2O/c1-10-3-5-14(6-4-10)18(2)15(19)11-7-12(16)9-13(17)8-11/h7-10,14H,3-6,17H2,1-2H3. The average Bonchev–Trinajstić information content (AvgIpc) is 2.37. The number of amides is 1. The summed E-state index contributed by atoms with van der Waals surface area (Å²) in [4.78, 5) is 14.1. The molecule has 0 atom stereocenters. The zero-order valence-electron chi connectivity index (χ0n) is 11.5. The molecule has 0 heterocycles. The van der Waals surface area contributed by atoms with Gasteiger partial charge in [0, 0.05) is 24.3 Å². The summed E-state index contributed by atoms with van der Waals surface area (Å²) in [5, 5.41) is 0. The van der Waals surface area contributed by atoms with Gasteiger partial charge in [0.2, 0.25) is 0 Å². The van der Waals surface area contributed by atoms with Crippen LogP contribution in [0.1, 0.15) is 43.0 Å². The lowest BCUT2D eigenvalue weighted by atomic mass is 9.86. The highest BCUT2D eigenvalue weighted by Crippen LogP contribution is 2.27. The monoisotopic (exact) mass is 264 g/mol. The van der Waals surface area contributed by atoms with Crippen molar-refractivity contribution in [2.75, 3.05) is 12.8 Å². The van der Waals surface area contributed by atoms with Gasteiger partial charge in [-0.2, -0.15) is 0 Å². The topological polar surface area (TPSA) is 46.3 Å². The van der Waals surface area contributed by atoms with Gasteiger partial charge in [-0.05, 0) is 49.8 Å². The van der Waals surface area contributed by atoms with Gasteiger partial charge in [0.25, 0.3) is 5.91 Å². The van der Waals surface area contributed by atoms with Crippen molar-refractivity contribution in [2.24, 2.45) is 5.92 Å². The van der Waals surface area contributed by atoms with Crippen LogP contribution in [0.15, 0.2) is 18.2 Å². The van der Waals surface area contributed by atoms with Crippen LogP contribution < -0.4 is 5.73 Å². The third kappa shape index (κ3) is 3.25. The van der Waals surface area contributed by atoms with Gasteiger partial charge in [-0.1, -0.05) is 6.92 Å². The van der Waals surface area contributed by atoms with Crippen LogP contribution >= 0.6 is 0 Å². The minimum Gasteiger partial charge on any atom is -0.399 e. The molecular weight excluding hydrogens is 243 g/mol. The van der Waals surface area contributed by atoms with E-state index in [0.717, 1.165) is 31.6 Å². The third-order valence-electron chi connectivity index (χ3n) is 4.02. The van der Waals surface area contributed by atoms with Crippen molar-refractivity contribution < 1.29 is 9.18 Å². The Hall–Kier alpha value is -1.58. The van der Waals surface area contributed by atoms with Crippen molar-refractivity contribution in [1.29, 1.82) is 0 Å². The van der Waals surface area contributed by atoms with Crippen LogP contribution in [0, 0.1) is 11.7 Å². The molecule has 4 heteroatoms. The molecule has 0 radical (unpaired) electrons. The molecule has 19 heavy (non-hydrogen) atoms. The van der Waals surface area contributed by atoms with Crippen LogP contribution in [-0.4, -0.2) is 23.9 Å². The molecule has 1 aromatic rings. The number of carbonyl (C=O) groups excluding carboxylic acids is 1. The molecule has 1 aliphatic carbocycles.